The summed E-state index contributed by atoms with van der Waals surface area (Å²) in [6, 6.07) is 2.24. The first kappa shape index (κ1) is 12.7. The van der Waals surface area contributed by atoms with Gasteiger partial charge in [-0.1, -0.05) is 0 Å². The highest BCUT2D eigenvalue weighted by molar-refractivity contribution is 9.10. The van der Waals surface area contributed by atoms with E-state index < -0.39 is 0 Å². The van der Waals surface area contributed by atoms with Crippen molar-refractivity contribution in [2.45, 2.75) is 13.0 Å². The molecule has 1 aromatic rings. The molecule has 0 spiro atoms. The summed E-state index contributed by atoms with van der Waals surface area (Å²) < 4.78 is 6.13. The van der Waals surface area contributed by atoms with Gasteiger partial charge in [0.1, 0.15) is 16.7 Å². The summed E-state index contributed by atoms with van der Waals surface area (Å²) in [5, 5.41) is 3.37. The predicted molar refractivity (Wildman–Crippen MR) is 70.1 cm³/mol. The fourth-order valence-electron chi connectivity index (χ4n) is 1.88. The van der Waals surface area contributed by atoms with Crippen LogP contribution < -0.4 is 5.32 Å². The van der Waals surface area contributed by atoms with Crippen LogP contribution >= 0.6 is 15.9 Å². The molecule has 1 aromatic heterocycles. The molecule has 0 amide bonds. The van der Waals surface area contributed by atoms with Crippen LogP contribution in [0.2, 0.25) is 0 Å². The number of rotatable bonds is 4. The van der Waals surface area contributed by atoms with Crippen LogP contribution in [0.1, 0.15) is 6.92 Å². The second-order valence-electron chi connectivity index (χ2n) is 4.18. The number of hydrogen-bond acceptors (Lipinski definition) is 5. The normalized spacial score (nSPS) is 18.9. The van der Waals surface area contributed by atoms with Crippen molar-refractivity contribution in [2.24, 2.45) is 0 Å². The molecule has 1 N–H and O–H groups in total. The van der Waals surface area contributed by atoms with Crippen molar-refractivity contribution >= 4 is 21.7 Å². The molecule has 6 heteroatoms. The van der Waals surface area contributed by atoms with Crippen LogP contribution in [0.15, 0.2) is 17.0 Å². The standard InChI is InChI=1S/C11H17BrN4O/c1-9(7-16-2-4-17-5-3-16)15-11-6-10(12)13-8-14-11/h6,8-9H,2-5,7H2,1H3,(H,13,14,15). The maximum atomic E-state index is 5.33. The Hall–Kier alpha value is -0.720. The molecular formula is C11H17BrN4O. The lowest BCUT2D eigenvalue weighted by atomic mass is 10.3. The minimum Gasteiger partial charge on any atom is -0.379 e. The molecule has 0 saturated carbocycles. The van der Waals surface area contributed by atoms with E-state index in [-0.39, 0.29) is 0 Å². The van der Waals surface area contributed by atoms with Gasteiger partial charge in [-0.25, -0.2) is 9.97 Å². The lowest BCUT2D eigenvalue weighted by molar-refractivity contribution is 0.0368. The SMILES string of the molecule is CC(CN1CCOCC1)Nc1cc(Br)ncn1. The van der Waals surface area contributed by atoms with Gasteiger partial charge in [-0.2, -0.15) is 0 Å². The van der Waals surface area contributed by atoms with E-state index in [4.69, 9.17) is 4.74 Å². The smallest absolute Gasteiger partial charge is 0.130 e. The summed E-state index contributed by atoms with van der Waals surface area (Å²) in [7, 11) is 0. The minimum absolute atomic E-state index is 0.356. The number of halogens is 1. The number of aromatic nitrogens is 2. The van der Waals surface area contributed by atoms with E-state index in [0.717, 1.165) is 43.3 Å². The average Bonchev–Trinajstić information content (AvgIpc) is 2.30. The molecule has 2 rings (SSSR count). The quantitative estimate of drug-likeness (QED) is 0.851. The number of anilines is 1. The molecule has 17 heavy (non-hydrogen) atoms. The van der Waals surface area contributed by atoms with Gasteiger partial charge in [0.2, 0.25) is 0 Å². The monoisotopic (exact) mass is 300 g/mol. The Bertz CT molecular complexity index is 357. The maximum Gasteiger partial charge on any atom is 0.130 e. The lowest BCUT2D eigenvalue weighted by Gasteiger charge is -2.29. The summed E-state index contributed by atoms with van der Waals surface area (Å²) in [5.74, 6) is 0.854. The van der Waals surface area contributed by atoms with Crippen molar-refractivity contribution in [3.8, 4) is 0 Å². The molecule has 0 bridgehead atoms. The Morgan fingerprint density at radius 1 is 1.47 bits per heavy atom. The van der Waals surface area contributed by atoms with E-state index in [1.807, 2.05) is 6.07 Å². The number of nitrogens with zero attached hydrogens (tertiary/aromatic N) is 3. The Balaban J connectivity index is 1.82. The number of ether oxygens (including phenoxy) is 1. The van der Waals surface area contributed by atoms with Crippen molar-refractivity contribution in [1.29, 1.82) is 0 Å². The first-order valence-electron chi connectivity index (χ1n) is 5.78. The Morgan fingerprint density at radius 3 is 2.94 bits per heavy atom. The van der Waals surface area contributed by atoms with Crippen molar-refractivity contribution in [3.63, 3.8) is 0 Å². The summed E-state index contributed by atoms with van der Waals surface area (Å²) in [6.07, 6.45) is 1.55. The van der Waals surface area contributed by atoms with E-state index in [1.54, 1.807) is 6.33 Å². The zero-order valence-corrected chi connectivity index (χ0v) is 11.5. The van der Waals surface area contributed by atoms with Gasteiger partial charge in [0.05, 0.1) is 13.2 Å². The largest absolute Gasteiger partial charge is 0.379 e. The van der Waals surface area contributed by atoms with Gasteiger partial charge in [-0.15, -0.1) is 0 Å². The average molecular weight is 301 g/mol. The van der Waals surface area contributed by atoms with Crippen LogP contribution in [0.25, 0.3) is 0 Å². The van der Waals surface area contributed by atoms with Crippen LogP contribution in [-0.4, -0.2) is 53.8 Å². The van der Waals surface area contributed by atoms with Gasteiger partial charge in [-0.3, -0.25) is 4.90 Å². The molecule has 94 valence electrons. The second-order valence-corrected chi connectivity index (χ2v) is 5.00. The Labute approximate surface area is 110 Å². The molecule has 1 unspecified atom stereocenters. The predicted octanol–water partition coefficient (Wildman–Crippen LogP) is 1.37. The zero-order valence-electron chi connectivity index (χ0n) is 9.90. The van der Waals surface area contributed by atoms with Crippen LogP contribution in [0.3, 0.4) is 0 Å². The van der Waals surface area contributed by atoms with Crippen LogP contribution in [-0.2, 0) is 4.74 Å². The molecule has 1 aliphatic heterocycles. The lowest BCUT2D eigenvalue weighted by Crippen LogP contribution is -2.42. The van der Waals surface area contributed by atoms with Crippen LogP contribution in [0.5, 0.6) is 0 Å². The first-order chi connectivity index (χ1) is 8.24. The van der Waals surface area contributed by atoms with Crippen LogP contribution in [0.4, 0.5) is 5.82 Å². The van der Waals surface area contributed by atoms with Gasteiger partial charge >= 0.3 is 0 Å². The second kappa shape index (κ2) is 6.28. The number of hydrogen-bond donors (Lipinski definition) is 1. The molecule has 2 heterocycles. The van der Waals surface area contributed by atoms with E-state index in [9.17, 15) is 0 Å². The molecule has 0 radical (unpaired) electrons. The highest BCUT2D eigenvalue weighted by Crippen LogP contribution is 2.11. The van der Waals surface area contributed by atoms with E-state index in [1.165, 1.54) is 0 Å². The van der Waals surface area contributed by atoms with Gasteiger partial charge in [-0.05, 0) is 22.9 Å². The molecule has 1 aliphatic rings. The van der Waals surface area contributed by atoms with Crippen LogP contribution in [0, 0.1) is 0 Å². The van der Waals surface area contributed by atoms with E-state index in [2.05, 4.69) is 43.0 Å². The van der Waals surface area contributed by atoms with Gasteiger partial charge in [0.25, 0.3) is 0 Å². The third kappa shape index (κ3) is 4.22. The van der Waals surface area contributed by atoms with Gasteiger partial charge in [0.15, 0.2) is 0 Å². The fraction of sp³-hybridized carbons (Fsp3) is 0.636. The summed E-state index contributed by atoms with van der Waals surface area (Å²) >= 11 is 3.33. The third-order valence-corrected chi connectivity index (χ3v) is 3.10. The zero-order chi connectivity index (χ0) is 12.1. The minimum atomic E-state index is 0.356. The highest BCUT2D eigenvalue weighted by atomic mass is 79.9. The van der Waals surface area contributed by atoms with Gasteiger partial charge < -0.3 is 10.1 Å². The molecule has 1 fully saturated rings. The molecular weight excluding hydrogens is 284 g/mol. The molecule has 0 aliphatic carbocycles. The number of nitrogens with one attached hydrogen (secondary N) is 1. The van der Waals surface area contributed by atoms with Crippen molar-refractivity contribution in [2.75, 3.05) is 38.2 Å². The molecule has 1 atom stereocenters. The summed E-state index contributed by atoms with van der Waals surface area (Å²) in [6.45, 7) is 6.87. The van der Waals surface area contributed by atoms with Crippen molar-refractivity contribution in [3.05, 3.63) is 17.0 Å². The molecule has 1 saturated heterocycles. The Kier molecular flexibility index (Phi) is 4.70. The number of morpholine rings is 1. The Morgan fingerprint density at radius 2 is 2.24 bits per heavy atom. The topological polar surface area (TPSA) is 50.3 Å². The maximum absolute atomic E-state index is 5.33. The first-order valence-corrected chi connectivity index (χ1v) is 6.57. The van der Waals surface area contributed by atoms with Crippen molar-refractivity contribution in [1.82, 2.24) is 14.9 Å². The molecule has 0 aromatic carbocycles. The fourth-order valence-corrected chi connectivity index (χ4v) is 2.19. The molecule has 5 nitrogen and oxygen atoms in total. The van der Waals surface area contributed by atoms with E-state index >= 15 is 0 Å². The van der Waals surface area contributed by atoms with Gasteiger partial charge in [0, 0.05) is 31.7 Å². The summed E-state index contributed by atoms with van der Waals surface area (Å²) in [4.78, 5) is 10.6. The van der Waals surface area contributed by atoms with E-state index in [0.29, 0.717) is 6.04 Å². The highest BCUT2D eigenvalue weighted by Gasteiger charge is 2.13. The summed E-state index contributed by atoms with van der Waals surface area (Å²) in [5.41, 5.74) is 0. The van der Waals surface area contributed by atoms with Crippen molar-refractivity contribution < 1.29 is 4.74 Å². The third-order valence-electron chi connectivity index (χ3n) is 2.66.